The summed E-state index contributed by atoms with van der Waals surface area (Å²) in [6.07, 6.45) is 0.765. The van der Waals surface area contributed by atoms with Gasteiger partial charge in [0.1, 0.15) is 5.15 Å². The Labute approximate surface area is 105 Å². The van der Waals surface area contributed by atoms with E-state index < -0.39 is 6.10 Å². The predicted molar refractivity (Wildman–Crippen MR) is 64.1 cm³/mol. The Bertz CT molecular complexity index is 387. The first-order valence-electron chi connectivity index (χ1n) is 5.08. The number of pyridine rings is 1. The van der Waals surface area contributed by atoms with Gasteiger partial charge in [0.15, 0.2) is 0 Å². The highest BCUT2D eigenvalue weighted by atomic mass is 35.5. The number of hydrogen-bond donors (Lipinski definition) is 1. The van der Waals surface area contributed by atoms with Gasteiger partial charge in [0.25, 0.3) is 5.91 Å². The molecule has 0 saturated carbocycles. The number of aliphatic hydroxyl groups excluding tert-OH is 1. The summed E-state index contributed by atoms with van der Waals surface area (Å²) in [4.78, 5) is 17.1. The van der Waals surface area contributed by atoms with Gasteiger partial charge in [-0.2, -0.15) is 0 Å². The largest absolute Gasteiger partial charge is 0.389 e. The van der Waals surface area contributed by atoms with Crippen molar-refractivity contribution in [1.82, 2.24) is 9.88 Å². The highest BCUT2D eigenvalue weighted by Crippen LogP contribution is 2.09. The van der Waals surface area contributed by atoms with Gasteiger partial charge in [-0.15, -0.1) is 0 Å². The number of ether oxygens (including phenoxy) is 1. The topological polar surface area (TPSA) is 62.7 Å². The van der Waals surface area contributed by atoms with Crippen LogP contribution in [0.4, 0.5) is 0 Å². The first-order chi connectivity index (χ1) is 8.04. The molecule has 17 heavy (non-hydrogen) atoms. The van der Waals surface area contributed by atoms with Crippen molar-refractivity contribution < 1.29 is 14.6 Å². The molecule has 1 aromatic heterocycles. The molecule has 0 fully saturated rings. The number of aromatic nitrogens is 1. The summed E-state index contributed by atoms with van der Waals surface area (Å²) in [5, 5.41) is 9.78. The standard InChI is InChI=1S/C11H15ClN2O3/c1-14(6-9(15)7-17-2)11(16)8-3-4-13-10(12)5-8/h3-5,9,15H,6-7H2,1-2H3. The zero-order valence-corrected chi connectivity index (χ0v) is 10.5. The van der Waals surface area contributed by atoms with Crippen molar-refractivity contribution in [2.24, 2.45) is 0 Å². The Morgan fingerprint density at radius 3 is 3.00 bits per heavy atom. The molecule has 1 N–H and O–H groups in total. The summed E-state index contributed by atoms with van der Waals surface area (Å²) in [5.41, 5.74) is 0.442. The molecule has 0 aliphatic heterocycles. The van der Waals surface area contributed by atoms with Gasteiger partial charge in [-0.1, -0.05) is 11.6 Å². The Hall–Kier alpha value is -1.17. The minimum Gasteiger partial charge on any atom is -0.389 e. The lowest BCUT2D eigenvalue weighted by molar-refractivity contribution is 0.0380. The summed E-state index contributed by atoms with van der Waals surface area (Å²) in [7, 11) is 3.10. The molecule has 0 aliphatic rings. The second-order valence-corrected chi connectivity index (χ2v) is 4.05. The third kappa shape index (κ3) is 4.30. The molecule has 0 saturated heterocycles. The second-order valence-electron chi connectivity index (χ2n) is 3.66. The van der Waals surface area contributed by atoms with Crippen LogP contribution >= 0.6 is 11.6 Å². The summed E-state index contributed by atoms with van der Waals surface area (Å²) in [6.45, 7) is 0.390. The Morgan fingerprint density at radius 1 is 1.71 bits per heavy atom. The fourth-order valence-corrected chi connectivity index (χ4v) is 1.57. The van der Waals surface area contributed by atoms with Crippen molar-refractivity contribution in [2.45, 2.75) is 6.10 Å². The maximum absolute atomic E-state index is 11.9. The van der Waals surface area contributed by atoms with E-state index in [0.29, 0.717) is 5.56 Å². The molecule has 5 nitrogen and oxygen atoms in total. The number of hydrogen-bond acceptors (Lipinski definition) is 4. The van der Waals surface area contributed by atoms with E-state index in [4.69, 9.17) is 16.3 Å². The molecule has 1 atom stereocenters. The molecule has 1 aromatic rings. The summed E-state index contributed by atoms with van der Waals surface area (Å²) in [6, 6.07) is 3.07. The van der Waals surface area contributed by atoms with Crippen LogP contribution in [0.3, 0.4) is 0 Å². The number of methoxy groups -OCH3 is 1. The number of carbonyl (C=O) groups excluding carboxylic acids is 1. The van der Waals surface area contributed by atoms with Crippen molar-refractivity contribution in [3.05, 3.63) is 29.0 Å². The summed E-state index contributed by atoms with van der Waals surface area (Å²) in [5.74, 6) is -0.218. The van der Waals surface area contributed by atoms with E-state index in [2.05, 4.69) is 4.98 Å². The number of rotatable bonds is 5. The number of halogens is 1. The molecule has 1 rings (SSSR count). The van der Waals surface area contributed by atoms with Gasteiger partial charge < -0.3 is 14.7 Å². The lowest BCUT2D eigenvalue weighted by atomic mass is 10.2. The zero-order valence-electron chi connectivity index (χ0n) is 9.76. The van der Waals surface area contributed by atoms with Crippen molar-refractivity contribution in [3.63, 3.8) is 0 Å². The minimum absolute atomic E-state index is 0.189. The number of aliphatic hydroxyl groups is 1. The predicted octanol–water partition coefficient (Wildman–Crippen LogP) is 0.814. The smallest absolute Gasteiger partial charge is 0.253 e. The first-order valence-corrected chi connectivity index (χ1v) is 5.46. The van der Waals surface area contributed by atoms with Gasteiger partial charge in [0, 0.05) is 32.5 Å². The molecule has 0 bridgehead atoms. The molecule has 1 heterocycles. The normalized spacial score (nSPS) is 12.2. The fourth-order valence-electron chi connectivity index (χ4n) is 1.40. The summed E-state index contributed by atoms with van der Waals surface area (Å²) >= 11 is 5.70. The second kappa shape index (κ2) is 6.54. The lowest BCUT2D eigenvalue weighted by Crippen LogP contribution is -2.36. The van der Waals surface area contributed by atoms with Gasteiger partial charge in [-0.25, -0.2) is 4.98 Å². The molecule has 1 amide bonds. The Balaban J connectivity index is 2.63. The van der Waals surface area contributed by atoms with Crippen LogP contribution in [0.5, 0.6) is 0 Å². The van der Waals surface area contributed by atoms with Crippen LogP contribution < -0.4 is 0 Å². The third-order valence-electron chi connectivity index (χ3n) is 2.16. The van der Waals surface area contributed by atoms with Gasteiger partial charge in [-0.3, -0.25) is 4.79 Å². The van der Waals surface area contributed by atoms with E-state index in [1.165, 1.54) is 24.3 Å². The van der Waals surface area contributed by atoms with Crippen LogP contribution in [0.2, 0.25) is 5.15 Å². The maximum Gasteiger partial charge on any atom is 0.253 e. The van der Waals surface area contributed by atoms with Crippen molar-refractivity contribution >= 4 is 17.5 Å². The van der Waals surface area contributed by atoms with Crippen LogP contribution in [0.25, 0.3) is 0 Å². The zero-order chi connectivity index (χ0) is 12.8. The maximum atomic E-state index is 11.9. The van der Waals surface area contributed by atoms with E-state index in [-0.39, 0.29) is 24.2 Å². The number of nitrogens with zero attached hydrogens (tertiary/aromatic N) is 2. The Morgan fingerprint density at radius 2 is 2.41 bits per heavy atom. The molecule has 0 radical (unpaired) electrons. The van der Waals surface area contributed by atoms with Crippen LogP contribution in [0.1, 0.15) is 10.4 Å². The quantitative estimate of drug-likeness (QED) is 0.794. The van der Waals surface area contributed by atoms with E-state index in [0.717, 1.165) is 0 Å². The van der Waals surface area contributed by atoms with E-state index in [9.17, 15) is 9.90 Å². The van der Waals surface area contributed by atoms with E-state index >= 15 is 0 Å². The molecule has 0 spiro atoms. The molecule has 6 heteroatoms. The molecular weight excluding hydrogens is 244 g/mol. The van der Waals surface area contributed by atoms with Crippen LogP contribution in [-0.2, 0) is 4.74 Å². The minimum atomic E-state index is -0.703. The highest BCUT2D eigenvalue weighted by Gasteiger charge is 2.15. The van der Waals surface area contributed by atoms with Crippen LogP contribution in [-0.4, -0.2) is 54.3 Å². The average Bonchev–Trinajstić information content (AvgIpc) is 2.28. The fraction of sp³-hybridized carbons (Fsp3) is 0.455. The van der Waals surface area contributed by atoms with E-state index in [1.807, 2.05) is 0 Å². The van der Waals surface area contributed by atoms with Crippen molar-refractivity contribution in [2.75, 3.05) is 27.3 Å². The Kier molecular flexibility index (Phi) is 5.34. The van der Waals surface area contributed by atoms with E-state index in [1.54, 1.807) is 13.1 Å². The molecule has 1 unspecified atom stereocenters. The van der Waals surface area contributed by atoms with Crippen LogP contribution in [0, 0.1) is 0 Å². The molecule has 94 valence electrons. The van der Waals surface area contributed by atoms with Gasteiger partial charge >= 0.3 is 0 Å². The van der Waals surface area contributed by atoms with Crippen molar-refractivity contribution in [1.29, 1.82) is 0 Å². The van der Waals surface area contributed by atoms with Gasteiger partial charge in [-0.05, 0) is 12.1 Å². The number of carbonyl (C=O) groups is 1. The monoisotopic (exact) mass is 258 g/mol. The van der Waals surface area contributed by atoms with Crippen molar-refractivity contribution in [3.8, 4) is 0 Å². The van der Waals surface area contributed by atoms with Gasteiger partial charge in [0.2, 0.25) is 0 Å². The third-order valence-corrected chi connectivity index (χ3v) is 2.37. The first kappa shape index (κ1) is 13.9. The van der Waals surface area contributed by atoms with Gasteiger partial charge in [0.05, 0.1) is 12.7 Å². The molecule has 0 aromatic carbocycles. The summed E-state index contributed by atoms with van der Waals surface area (Å²) < 4.78 is 4.79. The highest BCUT2D eigenvalue weighted by molar-refractivity contribution is 6.29. The number of likely N-dealkylation sites (N-methyl/N-ethyl adjacent to an activating group) is 1. The SMILES string of the molecule is COCC(O)CN(C)C(=O)c1ccnc(Cl)c1. The lowest BCUT2D eigenvalue weighted by Gasteiger charge is -2.20. The van der Waals surface area contributed by atoms with Crippen LogP contribution in [0.15, 0.2) is 18.3 Å². The molecular formula is C11H15ClN2O3. The molecule has 0 aliphatic carbocycles. The average molecular weight is 259 g/mol. The number of amides is 1.